The van der Waals surface area contributed by atoms with E-state index in [1.165, 1.54) is 6.42 Å². The molecule has 0 aromatic carbocycles. The van der Waals surface area contributed by atoms with E-state index in [4.69, 9.17) is 0 Å². The molecule has 1 atom stereocenters. The molecule has 2 aromatic rings. The van der Waals surface area contributed by atoms with Gasteiger partial charge in [-0.25, -0.2) is 0 Å². The highest BCUT2D eigenvalue weighted by Crippen LogP contribution is 2.21. The van der Waals surface area contributed by atoms with Crippen LogP contribution in [-0.4, -0.2) is 43.0 Å². The second-order valence-electron chi connectivity index (χ2n) is 6.10. The number of carbonyl (C=O) groups is 1. The first-order valence-corrected chi connectivity index (χ1v) is 7.86. The standard InChI is InChI=1S/C16H23N5O/c1-12-10-13(2)21(18-12)11-14-6-4-5-9-20(14)16(22)15-7-8-17-19(15)3/h7-8,10,14H,4-6,9,11H2,1-3H3/t14-/m1/s1. The van der Waals surface area contributed by atoms with Gasteiger partial charge in [-0.3, -0.25) is 14.2 Å². The summed E-state index contributed by atoms with van der Waals surface area (Å²) in [7, 11) is 1.81. The van der Waals surface area contributed by atoms with Gasteiger partial charge in [-0.2, -0.15) is 10.2 Å². The van der Waals surface area contributed by atoms with Crippen LogP contribution in [0.15, 0.2) is 18.3 Å². The molecule has 0 aliphatic carbocycles. The predicted molar refractivity (Wildman–Crippen MR) is 83.6 cm³/mol. The average molecular weight is 301 g/mol. The molecule has 1 amide bonds. The van der Waals surface area contributed by atoms with Crippen LogP contribution in [0, 0.1) is 13.8 Å². The number of aryl methyl sites for hydroxylation is 3. The van der Waals surface area contributed by atoms with Crippen molar-refractivity contribution < 1.29 is 4.79 Å². The lowest BCUT2D eigenvalue weighted by Gasteiger charge is -2.35. The number of hydrogen-bond donors (Lipinski definition) is 0. The molecule has 0 saturated carbocycles. The summed E-state index contributed by atoms with van der Waals surface area (Å²) in [5.74, 6) is 0.0752. The summed E-state index contributed by atoms with van der Waals surface area (Å²) in [6.07, 6.45) is 4.94. The summed E-state index contributed by atoms with van der Waals surface area (Å²) in [4.78, 5) is 14.8. The van der Waals surface area contributed by atoms with Gasteiger partial charge >= 0.3 is 0 Å². The van der Waals surface area contributed by atoms with E-state index in [0.717, 1.165) is 37.3 Å². The first kappa shape index (κ1) is 14.8. The van der Waals surface area contributed by atoms with Crippen molar-refractivity contribution >= 4 is 5.91 Å². The topological polar surface area (TPSA) is 56.0 Å². The van der Waals surface area contributed by atoms with Gasteiger partial charge in [-0.05, 0) is 45.2 Å². The average Bonchev–Trinajstić information content (AvgIpc) is 3.05. The third-order valence-electron chi connectivity index (χ3n) is 4.42. The summed E-state index contributed by atoms with van der Waals surface area (Å²) in [6.45, 7) is 5.65. The molecule has 1 saturated heterocycles. The Morgan fingerprint density at radius 2 is 2.18 bits per heavy atom. The molecule has 1 fully saturated rings. The molecule has 2 aromatic heterocycles. The maximum Gasteiger partial charge on any atom is 0.272 e. The molecule has 0 unspecified atom stereocenters. The van der Waals surface area contributed by atoms with Gasteiger partial charge in [0, 0.05) is 25.5 Å². The van der Waals surface area contributed by atoms with Crippen molar-refractivity contribution in [3.05, 3.63) is 35.4 Å². The number of rotatable bonds is 3. The van der Waals surface area contributed by atoms with Gasteiger partial charge in [-0.15, -0.1) is 0 Å². The van der Waals surface area contributed by atoms with Gasteiger partial charge in [0.15, 0.2) is 0 Å². The molecular formula is C16H23N5O. The predicted octanol–water partition coefficient (Wildman–Crippen LogP) is 1.93. The first-order chi connectivity index (χ1) is 10.6. The van der Waals surface area contributed by atoms with Gasteiger partial charge in [0.25, 0.3) is 5.91 Å². The third kappa shape index (κ3) is 2.77. The van der Waals surface area contributed by atoms with E-state index in [2.05, 4.69) is 23.2 Å². The zero-order chi connectivity index (χ0) is 15.7. The highest BCUT2D eigenvalue weighted by atomic mass is 16.2. The van der Waals surface area contributed by atoms with Crippen molar-refractivity contribution in [3.8, 4) is 0 Å². The largest absolute Gasteiger partial charge is 0.332 e. The Kier molecular flexibility index (Phi) is 4.00. The van der Waals surface area contributed by atoms with Crippen LogP contribution in [0.1, 0.15) is 41.1 Å². The summed E-state index contributed by atoms with van der Waals surface area (Å²) in [6, 6.07) is 4.07. The van der Waals surface area contributed by atoms with Gasteiger partial charge in [0.05, 0.1) is 18.3 Å². The van der Waals surface area contributed by atoms with E-state index in [1.54, 1.807) is 16.9 Å². The SMILES string of the molecule is Cc1cc(C)n(C[C@H]2CCCCN2C(=O)c2ccnn2C)n1. The number of aromatic nitrogens is 4. The van der Waals surface area contributed by atoms with Crippen molar-refractivity contribution in [1.82, 2.24) is 24.5 Å². The summed E-state index contributed by atoms with van der Waals surface area (Å²) >= 11 is 0. The van der Waals surface area contributed by atoms with Crippen LogP contribution in [0.3, 0.4) is 0 Å². The summed E-state index contributed by atoms with van der Waals surface area (Å²) in [5, 5.41) is 8.65. The molecule has 0 bridgehead atoms. The van der Waals surface area contributed by atoms with E-state index in [1.807, 2.05) is 23.6 Å². The first-order valence-electron chi connectivity index (χ1n) is 7.86. The van der Waals surface area contributed by atoms with E-state index in [0.29, 0.717) is 5.69 Å². The van der Waals surface area contributed by atoms with Crippen LogP contribution < -0.4 is 0 Å². The van der Waals surface area contributed by atoms with Crippen LogP contribution in [0.4, 0.5) is 0 Å². The Morgan fingerprint density at radius 3 is 2.82 bits per heavy atom. The lowest BCUT2D eigenvalue weighted by molar-refractivity contribution is 0.0571. The highest BCUT2D eigenvalue weighted by molar-refractivity contribution is 5.92. The molecule has 0 radical (unpaired) electrons. The number of hydrogen-bond acceptors (Lipinski definition) is 3. The van der Waals surface area contributed by atoms with Gasteiger partial charge in [0.1, 0.15) is 5.69 Å². The van der Waals surface area contributed by atoms with Crippen LogP contribution in [0.5, 0.6) is 0 Å². The lowest BCUT2D eigenvalue weighted by Crippen LogP contribution is -2.46. The fourth-order valence-corrected chi connectivity index (χ4v) is 3.25. The Labute approximate surface area is 130 Å². The van der Waals surface area contributed by atoms with Crippen LogP contribution in [0.25, 0.3) is 0 Å². The maximum absolute atomic E-state index is 12.8. The fourth-order valence-electron chi connectivity index (χ4n) is 3.25. The smallest absolute Gasteiger partial charge is 0.272 e. The molecule has 118 valence electrons. The molecule has 0 spiro atoms. The number of amides is 1. The fraction of sp³-hybridized carbons (Fsp3) is 0.562. The Hall–Kier alpha value is -2.11. The molecule has 6 nitrogen and oxygen atoms in total. The zero-order valence-corrected chi connectivity index (χ0v) is 13.5. The minimum Gasteiger partial charge on any atom is -0.332 e. The Balaban J connectivity index is 1.81. The van der Waals surface area contributed by atoms with Gasteiger partial charge < -0.3 is 4.90 Å². The van der Waals surface area contributed by atoms with Crippen LogP contribution in [0.2, 0.25) is 0 Å². The number of piperidine rings is 1. The van der Waals surface area contributed by atoms with Crippen LogP contribution >= 0.6 is 0 Å². The van der Waals surface area contributed by atoms with Crippen molar-refractivity contribution in [1.29, 1.82) is 0 Å². The van der Waals surface area contributed by atoms with E-state index in [9.17, 15) is 4.79 Å². The molecule has 0 N–H and O–H groups in total. The Morgan fingerprint density at radius 1 is 1.36 bits per heavy atom. The zero-order valence-electron chi connectivity index (χ0n) is 13.5. The van der Waals surface area contributed by atoms with Gasteiger partial charge in [0.2, 0.25) is 0 Å². The highest BCUT2D eigenvalue weighted by Gasteiger charge is 2.29. The molecule has 22 heavy (non-hydrogen) atoms. The van der Waals surface area contributed by atoms with Crippen LogP contribution in [-0.2, 0) is 13.6 Å². The summed E-state index contributed by atoms with van der Waals surface area (Å²) < 4.78 is 3.67. The molecule has 6 heteroatoms. The van der Waals surface area contributed by atoms with E-state index >= 15 is 0 Å². The van der Waals surface area contributed by atoms with Gasteiger partial charge in [-0.1, -0.05) is 0 Å². The van der Waals surface area contributed by atoms with E-state index in [-0.39, 0.29) is 11.9 Å². The van der Waals surface area contributed by atoms with Crippen molar-refractivity contribution in [2.24, 2.45) is 7.05 Å². The number of carbonyl (C=O) groups excluding carboxylic acids is 1. The van der Waals surface area contributed by atoms with Crippen molar-refractivity contribution in [2.75, 3.05) is 6.54 Å². The number of likely N-dealkylation sites (tertiary alicyclic amines) is 1. The molecule has 1 aliphatic heterocycles. The molecule has 3 rings (SSSR count). The van der Waals surface area contributed by atoms with E-state index < -0.39 is 0 Å². The summed E-state index contributed by atoms with van der Waals surface area (Å²) in [5.41, 5.74) is 2.83. The second kappa shape index (κ2) is 5.94. The third-order valence-corrected chi connectivity index (χ3v) is 4.42. The quantitative estimate of drug-likeness (QED) is 0.870. The number of nitrogens with zero attached hydrogens (tertiary/aromatic N) is 5. The Bertz CT molecular complexity index is 672. The van der Waals surface area contributed by atoms with Crippen molar-refractivity contribution in [2.45, 2.75) is 45.7 Å². The monoisotopic (exact) mass is 301 g/mol. The second-order valence-corrected chi connectivity index (χ2v) is 6.10. The molecule has 1 aliphatic rings. The maximum atomic E-state index is 12.8. The molecule has 3 heterocycles. The lowest BCUT2D eigenvalue weighted by atomic mass is 10.0. The van der Waals surface area contributed by atoms with Crippen molar-refractivity contribution in [3.63, 3.8) is 0 Å². The molecular weight excluding hydrogens is 278 g/mol. The normalized spacial score (nSPS) is 18.7. The minimum absolute atomic E-state index is 0.0752. The minimum atomic E-state index is 0.0752.